The molecule has 1 amide bonds. The zero-order valence-electron chi connectivity index (χ0n) is 13.8. The predicted molar refractivity (Wildman–Crippen MR) is 93.2 cm³/mol. The van der Waals surface area contributed by atoms with Gasteiger partial charge < -0.3 is 10.6 Å². The zero-order valence-corrected chi connectivity index (χ0v) is 14.6. The van der Waals surface area contributed by atoms with E-state index in [9.17, 15) is 4.79 Å². The number of piperidine rings is 1. The first-order valence-corrected chi connectivity index (χ1v) is 9.11. The maximum atomic E-state index is 12.4. The van der Waals surface area contributed by atoms with Gasteiger partial charge >= 0.3 is 0 Å². The number of anilines is 1. The summed E-state index contributed by atoms with van der Waals surface area (Å²) in [6, 6.07) is 5.78. The summed E-state index contributed by atoms with van der Waals surface area (Å²) in [5.74, 6) is 1.69. The van der Waals surface area contributed by atoms with Gasteiger partial charge in [-0.05, 0) is 30.9 Å². The summed E-state index contributed by atoms with van der Waals surface area (Å²) in [7, 11) is 0. The van der Waals surface area contributed by atoms with Gasteiger partial charge in [-0.2, -0.15) is 4.98 Å². The number of thioether (sulfide) groups is 1. The molecule has 3 rings (SSSR count). The topological polar surface area (TPSA) is 89.9 Å². The Labute approximate surface area is 145 Å². The number of aromatic nitrogens is 4. The molecule has 128 valence electrons. The van der Waals surface area contributed by atoms with Gasteiger partial charge in [0.2, 0.25) is 17.0 Å². The van der Waals surface area contributed by atoms with Gasteiger partial charge in [-0.1, -0.05) is 24.8 Å². The molecule has 2 aromatic rings. The van der Waals surface area contributed by atoms with Crippen LogP contribution in [0, 0.1) is 5.92 Å². The van der Waals surface area contributed by atoms with Crippen LogP contribution in [0.25, 0.3) is 0 Å². The van der Waals surface area contributed by atoms with Crippen LogP contribution in [0.1, 0.15) is 25.5 Å². The van der Waals surface area contributed by atoms with Crippen molar-refractivity contribution in [3.63, 3.8) is 0 Å². The van der Waals surface area contributed by atoms with Crippen molar-refractivity contribution in [2.45, 2.75) is 37.2 Å². The van der Waals surface area contributed by atoms with E-state index in [1.54, 1.807) is 6.20 Å². The van der Waals surface area contributed by atoms with Gasteiger partial charge in [-0.15, -0.1) is 5.10 Å². The molecular weight excluding hydrogens is 324 g/mol. The van der Waals surface area contributed by atoms with Gasteiger partial charge in [0.15, 0.2) is 0 Å². The quantitative estimate of drug-likeness (QED) is 0.831. The highest BCUT2D eigenvalue weighted by Crippen LogP contribution is 2.20. The van der Waals surface area contributed by atoms with Crippen molar-refractivity contribution in [1.29, 1.82) is 0 Å². The fraction of sp³-hybridized carbons (Fsp3) is 0.500. The molecule has 0 spiro atoms. The Balaban J connectivity index is 1.56. The second-order valence-electron chi connectivity index (χ2n) is 6.08. The minimum Gasteiger partial charge on any atom is -0.368 e. The van der Waals surface area contributed by atoms with Crippen LogP contribution in [-0.2, 0) is 17.1 Å². The highest BCUT2D eigenvalue weighted by Gasteiger charge is 2.21. The lowest BCUT2D eigenvalue weighted by Gasteiger charge is -2.30. The zero-order chi connectivity index (χ0) is 16.9. The minimum atomic E-state index is 0.0553. The number of hydrogen-bond acceptors (Lipinski definition) is 6. The SMILES string of the molecule is CC1CCN(C(=O)Cn2nc(SCc3ccccn3)nc2N)CC1. The van der Waals surface area contributed by atoms with E-state index in [1.165, 1.54) is 16.4 Å². The molecule has 0 aromatic carbocycles. The Kier molecular flexibility index (Phi) is 5.34. The normalized spacial score (nSPS) is 15.6. The molecular formula is C16H22N6OS. The maximum absolute atomic E-state index is 12.4. The number of pyridine rings is 1. The average molecular weight is 346 g/mol. The van der Waals surface area contributed by atoms with Crippen molar-refractivity contribution < 1.29 is 4.79 Å². The lowest BCUT2D eigenvalue weighted by atomic mass is 9.99. The Morgan fingerprint density at radius 1 is 1.38 bits per heavy atom. The summed E-state index contributed by atoms with van der Waals surface area (Å²) in [4.78, 5) is 22.8. The summed E-state index contributed by atoms with van der Waals surface area (Å²) in [5.41, 5.74) is 6.85. The molecule has 24 heavy (non-hydrogen) atoms. The van der Waals surface area contributed by atoms with E-state index < -0.39 is 0 Å². The van der Waals surface area contributed by atoms with E-state index in [2.05, 4.69) is 22.0 Å². The van der Waals surface area contributed by atoms with Crippen LogP contribution < -0.4 is 5.73 Å². The van der Waals surface area contributed by atoms with Crippen molar-refractivity contribution >= 4 is 23.6 Å². The molecule has 0 bridgehead atoms. The number of nitrogens with zero attached hydrogens (tertiary/aromatic N) is 5. The number of nitrogens with two attached hydrogens (primary N) is 1. The van der Waals surface area contributed by atoms with Gasteiger partial charge in [0.25, 0.3) is 0 Å². The van der Waals surface area contributed by atoms with Crippen LogP contribution in [-0.4, -0.2) is 43.6 Å². The first-order valence-electron chi connectivity index (χ1n) is 8.12. The number of carbonyl (C=O) groups is 1. The molecule has 3 heterocycles. The van der Waals surface area contributed by atoms with Crippen molar-refractivity contribution in [2.24, 2.45) is 5.92 Å². The van der Waals surface area contributed by atoms with Crippen molar-refractivity contribution in [3.8, 4) is 0 Å². The van der Waals surface area contributed by atoms with E-state index in [-0.39, 0.29) is 18.4 Å². The maximum Gasteiger partial charge on any atom is 0.244 e. The average Bonchev–Trinajstić information content (AvgIpc) is 2.94. The van der Waals surface area contributed by atoms with E-state index in [4.69, 9.17) is 5.73 Å². The number of likely N-dealkylation sites (tertiary alicyclic amines) is 1. The monoisotopic (exact) mass is 346 g/mol. The van der Waals surface area contributed by atoms with Gasteiger partial charge in [-0.3, -0.25) is 9.78 Å². The molecule has 0 unspecified atom stereocenters. The molecule has 1 fully saturated rings. The van der Waals surface area contributed by atoms with Crippen molar-refractivity contribution in [3.05, 3.63) is 30.1 Å². The number of carbonyl (C=O) groups excluding carboxylic acids is 1. The lowest BCUT2D eigenvalue weighted by molar-refractivity contribution is -0.133. The second kappa shape index (κ2) is 7.65. The first kappa shape index (κ1) is 16.8. The number of nitrogen functional groups attached to an aromatic ring is 1. The second-order valence-corrected chi connectivity index (χ2v) is 7.03. The fourth-order valence-electron chi connectivity index (χ4n) is 2.62. The Morgan fingerprint density at radius 2 is 2.17 bits per heavy atom. The highest BCUT2D eigenvalue weighted by atomic mass is 32.2. The van der Waals surface area contributed by atoms with Crippen molar-refractivity contribution in [2.75, 3.05) is 18.8 Å². The summed E-state index contributed by atoms with van der Waals surface area (Å²) < 4.78 is 1.49. The summed E-state index contributed by atoms with van der Waals surface area (Å²) in [6.07, 6.45) is 3.88. The van der Waals surface area contributed by atoms with Crippen LogP contribution in [0.15, 0.2) is 29.6 Å². The molecule has 0 atom stereocenters. The van der Waals surface area contributed by atoms with Crippen LogP contribution in [0.3, 0.4) is 0 Å². The van der Waals surface area contributed by atoms with E-state index in [1.807, 2.05) is 23.1 Å². The minimum absolute atomic E-state index is 0.0553. The summed E-state index contributed by atoms with van der Waals surface area (Å²) in [6.45, 7) is 4.01. The molecule has 0 saturated carbocycles. The molecule has 1 aliphatic rings. The molecule has 8 heteroatoms. The molecule has 2 aromatic heterocycles. The largest absolute Gasteiger partial charge is 0.368 e. The molecule has 1 saturated heterocycles. The van der Waals surface area contributed by atoms with E-state index in [0.29, 0.717) is 16.8 Å². The van der Waals surface area contributed by atoms with E-state index >= 15 is 0 Å². The molecule has 0 radical (unpaired) electrons. The number of amides is 1. The summed E-state index contributed by atoms with van der Waals surface area (Å²) in [5, 5.41) is 4.91. The van der Waals surface area contributed by atoms with Gasteiger partial charge in [0.1, 0.15) is 6.54 Å². The molecule has 2 N–H and O–H groups in total. The Hall–Kier alpha value is -2.09. The smallest absolute Gasteiger partial charge is 0.244 e. The predicted octanol–water partition coefficient (Wildman–Crippen LogP) is 1.81. The third-order valence-electron chi connectivity index (χ3n) is 4.18. The lowest BCUT2D eigenvalue weighted by Crippen LogP contribution is -2.40. The summed E-state index contributed by atoms with van der Waals surface area (Å²) >= 11 is 1.46. The van der Waals surface area contributed by atoms with Crippen LogP contribution in [0.2, 0.25) is 0 Å². The number of hydrogen-bond donors (Lipinski definition) is 1. The Bertz CT molecular complexity index is 681. The Morgan fingerprint density at radius 3 is 2.88 bits per heavy atom. The van der Waals surface area contributed by atoms with Crippen LogP contribution in [0.4, 0.5) is 5.95 Å². The highest BCUT2D eigenvalue weighted by molar-refractivity contribution is 7.98. The van der Waals surface area contributed by atoms with E-state index in [0.717, 1.165) is 31.6 Å². The van der Waals surface area contributed by atoms with Crippen LogP contribution >= 0.6 is 11.8 Å². The van der Waals surface area contributed by atoms with Gasteiger partial charge in [-0.25, -0.2) is 4.68 Å². The first-order chi connectivity index (χ1) is 11.6. The molecule has 0 aliphatic carbocycles. The standard InChI is InChI=1S/C16H22N6OS/c1-12-5-8-21(9-6-12)14(23)10-22-15(17)19-16(20-22)24-11-13-4-2-3-7-18-13/h2-4,7,12H,5-6,8-11H2,1H3,(H2,17,19,20). The third kappa shape index (κ3) is 4.25. The van der Waals surface area contributed by atoms with Crippen LogP contribution in [0.5, 0.6) is 0 Å². The van der Waals surface area contributed by atoms with Crippen molar-refractivity contribution in [1.82, 2.24) is 24.6 Å². The number of rotatable bonds is 5. The van der Waals surface area contributed by atoms with Gasteiger partial charge in [0, 0.05) is 25.0 Å². The molecule has 1 aliphatic heterocycles. The fourth-order valence-corrected chi connectivity index (χ4v) is 3.38. The third-order valence-corrected chi connectivity index (χ3v) is 5.05. The molecule has 7 nitrogen and oxygen atoms in total. The van der Waals surface area contributed by atoms with Gasteiger partial charge in [0.05, 0.1) is 5.69 Å².